The molecule has 0 fully saturated rings. The number of rotatable bonds is 5. The summed E-state index contributed by atoms with van der Waals surface area (Å²) in [5, 5.41) is 0. The largest absolute Gasteiger partial charge is 0.463 e. The lowest BCUT2D eigenvalue weighted by molar-refractivity contribution is 0.149. The molecule has 0 aromatic rings. The van der Waals surface area contributed by atoms with Crippen molar-refractivity contribution >= 4 is 0 Å². The van der Waals surface area contributed by atoms with Crippen molar-refractivity contribution in [2.45, 2.75) is 33.1 Å². The molecule has 10 heavy (non-hydrogen) atoms. The van der Waals surface area contributed by atoms with Gasteiger partial charge in [-0.2, -0.15) is 0 Å². The highest BCUT2D eigenvalue weighted by Gasteiger charge is 2.21. The Bertz CT molecular complexity index is 138. The molecule has 0 aliphatic carbocycles. The Hall–Kier alpha value is -0.660. The molecule has 0 amide bonds. The van der Waals surface area contributed by atoms with Crippen LogP contribution in [0.15, 0.2) is 11.7 Å². The minimum absolute atomic E-state index is 0.746. The smallest absolute Gasteiger partial charge is 0.324 e. The normalized spacial score (nSPS) is 15.0. The monoisotopic (exact) mass is 142 g/mol. The van der Waals surface area contributed by atoms with Crippen LogP contribution in [0.25, 0.3) is 0 Å². The molecule has 1 aliphatic rings. The lowest BCUT2D eigenvalue weighted by Gasteiger charge is -1.96. The molecule has 2 heteroatoms. The van der Waals surface area contributed by atoms with Crippen LogP contribution >= 0.6 is 0 Å². The van der Waals surface area contributed by atoms with Gasteiger partial charge in [-0.1, -0.05) is 19.8 Å². The van der Waals surface area contributed by atoms with E-state index in [9.17, 15) is 0 Å². The van der Waals surface area contributed by atoms with Crippen LogP contribution in [0.5, 0.6) is 0 Å². The van der Waals surface area contributed by atoms with Gasteiger partial charge in [0, 0.05) is 6.92 Å². The summed E-state index contributed by atoms with van der Waals surface area (Å²) >= 11 is 0. The highest BCUT2D eigenvalue weighted by molar-refractivity contribution is 5.07. The van der Waals surface area contributed by atoms with E-state index in [1.807, 2.05) is 6.92 Å². The summed E-state index contributed by atoms with van der Waals surface area (Å²) in [6, 6.07) is 0. The zero-order chi connectivity index (χ0) is 7.40. The van der Waals surface area contributed by atoms with E-state index in [0.29, 0.717) is 0 Å². The van der Waals surface area contributed by atoms with Crippen LogP contribution in [0.1, 0.15) is 33.1 Å². The fourth-order valence-corrected chi connectivity index (χ4v) is 0.762. The van der Waals surface area contributed by atoms with Gasteiger partial charge in [0.2, 0.25) is 0 Å². The molecule has 0 unspecified atom stereocenters. The van der Waals surface area contributed by atoms with Crippen LogP contribution in [0, 0.1) is 0 Å². The van der Waals surface area contributed by atoms with Crippen LogP contribution < -0.4 is 0 Å². The molecule has 0 atom stereocenters. The van der Waals surface area contributed by atoms with Gasteiger partial charge in [0.1, 0.15) is 0 Å². The molecule has 1 rings (SSSR count). The van der Waals surface area contributed by atoms with Crippen molar-refractivity contribution in [2.24, 2.45) is 0 Å². The first-order valence-corrected chi connectivity index (χ1v) is 3.86. The molecule has 0 spiro atoms. The molecule has 0 radical (unpaired) electrons. The fourth-order valence-electron chi connectivity index (χ4n) is 0.762. The molecule has 0 aromatic heterocycles. The molecule has 58 valence electrons. The van der Waals surface area contributed by atoms with Gasteiger partial charge >= 0.3 is 5.95 Å². The maximum Gasteiger partial charge on any atom is 0.324 e. The van der Waals surface area contributed by atoms with Crippen LogP contribution in [0.4, 0.5) is 0 Å². The van der Waals surface area contributed by atoms with Gasteiger partial charge in [-0.15, -0.1) is 0 Å². The van der Waals surface area contributed by atoms with E-state index >= 15 is 0 Å². The Kier molecular flexibility index (Phi) is 2.60. The van der Waals surface area contributed by atoms with Crippen molar-refractivity contribution in [1.82, 2.24) is 0 Å². The van der Waals surface area contributed by atoms with Crippen LogP contribution in [-0.2, 0) is 9.47 Å². The van der Waals surface area contributed by atoms with Crippen molar-refractivity contribution in [2.75, 3.05) is 6.61 Å². The van der Waals surface area contributed by atoms with Gasteiger partial charge in [0.15, 0.2) is 5.76 Å². The van der Waals surface area contributed by atoms with Gasteiger partial charge in [0.05, 0.1) is 6.61 Å². The quantitative estimate of drug-likeness (QED) is 0.550. The topological polar surface area (TPSA) is 21.8 Å². The van der Waals surface area contributed by atoms with Crippen molar-refractivity contribution in [3.8, 4) is 0 Å². The Balaban J connectivity index is 1.87. The second-order valence-electron chi connectivity index (χ2n) is 2.50. The third-order valence-corrected chi connectivity index (χ3v) is 1.47. The van der Waals surface area contributed by atoms with Crippen molar-refractivity contribution in [3.63, 3.8) is 0 Å². The molecule has 0 saturated heterocycles. The Morgan fingerprint density at radius 3 is 2.60 bits per heavy atom. The zero-order valence-corrected chi connectivity index (χ0v) is 6.64. The average Bonchev–Trinajstić information content (AvgIpc) is 2.60. The van der Waals surface area contributed by atoms with Crippen LogP contribution in [0.2, 0.25) is 0 Å². The van der Waals surface area contributed by atoms with E-state index in [1.165, 1.54) is 12.8 Å². The maximum absolute atomic E-state index is 5.22. The molecular formula is C8H14O2. The van der Waals surface area contributed by atoms with E-state index in [-0.39, 0.29) is 0 Å². The number of hydrogen-bond donors (Lipinski definition) is 0. The number of ether oxygens (including phenoxy) is 2. The van der Waals surface area contributed by atoms with Gasteiger partial charge < -0.3 is 9.47 Å². The standard InChI is InChI=1S/C8H14O2/c1-3-4-5-6-9-8-7(2)10-8/h3-6H2,1-2H3. The van der Waals surface area contributed by atoms with Crippen LogP contribution in [-0.4, -0.2) is 6.61 Å². The molecule has 0 bridgehead atoms. The Labute approximate surface area is 61.8 Å². The fraction of sp³-hybridized carbons (Fsp3) is 0.750. The van der Waals surface area contributed by atoms with E-state index in [2.05, 4.69) is 6.92 Å². The second-order valence-corrected chi connectivity index (χ2v) is 2.50. The molecule has 0 saturated carbocycles. The van der Waals surface area contributed by atoms with Gasteiger partial charge in [0.25, 0.3) is 0 Å². The van der Waals surface area contributed by atoms with Gasteiger partial charge in [-0.25, -0.2) is 0 Å². The third kappa shape index (κ3) is 2.29. The first-order valence-electron chi connectivity index (χ1n) is 3.86. The van der Waals surface area contributed by atoms with Crippen molar-refractivity contribution in [3.05, 3.63) is 11.7 Å². The minimum atomic E-state index is 0.746. The number of unbranched alkanes of at least 4 members (excludes halogenated alkanes) is 2. The van der Waals surface area contributed by atoms with E-state index in [4.69, 9.17) is 9.47 Å². The van der Waals surface area contributed by atoms with Gasteiger partial charge in [-0.3, -0.25) is 0 Å². The molecule has 1 aliphatic heterocycles. The lowest BCUT2D eigenvalue weighted by Crippen LogP contribution is -1.87. The maximum atomic E-state index is 5.22. The van der Waals surface area contributed by atoms with Crippen LogP contribution in [0.3, 0.4) is 0 Å². The summed E-state index contributed by atoms with van der Waals surface area (Å²) in [7, 11) is 0. The van der Waals surface area contributed by atoms with Crippen molar-refractivity contribution < 1.29 is 9.47 Å². The average molecular weight is 142 g/mol. The second kappa shape index (κ2) is 3.49. The first kappa shape index (κ1) is 7.45. The summed E-state index contributed by atoms with van der Waals surface area (Å²) in [5.74, 6) is 1.69. The summed E-state index contributed by atoms with van der Waals surface area (Å²) in [6.07, 6.45) is 3.62. The summed E-state index contributed by atoms with van der Waals surface area (Å²) in [5.41, 5.74) is 0. The molecule has 1 heterocycles. The highest BCUT2D eigenvalue weighted by Crippen LogP contribution is 2.25. The first-order chi connectivity index (χ1) is 4.84. The minimum Gasteiger partial charge on any atom is -0.463 e. The van der Waals surface area contributed by atoms with E-state index < -0.39 is 0 Å². The Morgan fingerprint density at radius 1 is 1.40 bits per heavy atom. The predicted octanol–water partition coefficient (Wildman–Crippen LogP) is 2.41. The third-order valence-electron chi connectivity index (χ3n) is 1.47. The summed E-state index contributed by atoms with van der Waals surface area (Å²) < 4.78 is 10.1. The molecule has 0 N–H and O–H groups in total. The highest BCUT2D eigenvalue weighted by atomic mass is 16.7. The lowest BCUT2D eigenvalue weighted by atomic mass is 10.3. The number of allylic oxidation sites excluding steroid dienone is 1. The molecular weight excluding hydrogens is 128 g/mol. The zero-order valence-electron chi connectivity index (χ0n) is 6.64. The summed E-state index contributed by atoms with van der Waals surface area (Å²) in [6.45, 7) is 4.90. The molecule has 0 aromatic carbocycles. The Morgan fingerprint density at radius 2 is 2.10 bits per heavy atom. The van der Waals surface area contributed by atoms with Crippen molar-refractivity contribution in [1.29, 1.82) is 0 Å². The predicted molar refractivity (Wildman–Crippen MR) is 39.3 cm³/mol. The van der Waals surface area contributed by atoms with E-state index in [1.54, 1.807) is 0 Å². The SMILES string of the molecule is CCCCCOC1=C(C)O1. The number of hydrogen-bond acceptors (Lipinski definition) is 2. The van der Waals surface area contributed by atoms with Gasteiger partial charge in [-0.05, 0) is 6.42 Å². The van der Waals surface area contributed by atoms with E-state index in [0.717, 1.165) is 24.7 Å². The summed E-state index contributed by atoms with van der Waals surface area (Å²) in [4.78, 5) is 0. The molecule has 2 nitrogen and oxygen atoms in total.